The Morgan fingerprint density at radius 1 is 1.05 bits per heavy atom. The molecule has 2 N–H and O–H groups in total. The van der Waals surface area contributed by atoms with Gasteiger partial charge < -0.3 is 25.3 Å². The maximum atomic E-state index is 13.0. The minimum atomic E-state index is -0.0878. The van der Waals surface area contributed by atoms with Crippen LogP contribution in [0.1, 0.15) is 113 Å². The summed E-state index contributed by atoms with van der Waals surface area (Å²) in [6.07, 6.45) is 14.6. The smallest absolute Gasteiger partial charge is 0.317 e. The Hall–Kier alpha value is -2.58. The minimum Gasteiger partial charge on any atom is -0.346 e. The number of benzene rings is 1. The van der Waals surface area contributed by atoms with Gasteiger partial charge >= 0.3 is 6.03 Å². The lowest BCUT2D eigenvalue weighted by molar-refractivity contribution is 0.210. The summed E-state index contributed by atoms with van der Waals surface area (Å²) in [7, 11) is 7.83. The van der Waals surface area contributed by atoms with Crippen LogP contribution >= 0.6 is 0 Å². The third-order valence-corrected chi connectivity index (χ3v) is 8.90. The number of urea groups is 1. The summed E-state index contributed by atoms with van der Waals surface area (Å²) in [5.41, 5.74) is 3.84. The van der Waals surface area contributed by atoms with E-state index in [0.717, 1.165) is 31.6 Å². The molecular formula is C33H55N7O. The molecule has 1 aliphatic heterocycles. The largest absolute Gasteiger partial charge is 0.346 e. The van der Waals surface area contributed by atoms with Crippen molar-refractivity contribution in [3.63, 3.8) is 0 Å². The van der Waals surface area contributed by atoms with Gasteiger partial charge in [-0.3, -0.25) is 0 Å². The second kappa shape index (κ2) is 15.1. The van der Waals surface area contributed by atoms with Gasteiger partial charge in [0.15, 0.2) is 0 Å². The van der Waals surface area contributed by atoms with E-state index in [-0.39, 0.29) is 24.2 Å². The molecule has 0 radical (unpaired) electrons. The van der Waals surface area contributed by atoms with Gasteiger partial charge in [-0.05, 0) is 58.3 Å². The first-order valence-electron chi connectivity index (χ1n) is 16.1. The van der Waals surface area contributed by atoms with Crippen molar-refractivity contribution < 1.29 is 4.79 Å². The Bertz CT molecular complexity index is 1090. The Labute approximate surface area is 248 Å². The van der Waals surface area contributed by atoms with Gasteiger partial charge in [0.1, 0.15) is 5.82 Å². The number of carbonyl (C=O) groups is 1. The third kappa shape index (κ3) is 8.04. The average molecular weight is 566 g/mol. The van der Waals surface area contributed by atoms with Gasteiger partial charge in [-0.2, -0.15) is 5.10 Å². The SMILES string of the molecule is CNCCN(C)Cc1cccc(C2CC(NC(=O)N(C)C)c3cnn(C(C)C)c3N2C2CCCCCCCCC2)c1. The highest BCUT2D eigenvalue weighted by molar-refractivity contribution is 5.74. The molecule has 41 heavy (non-hydrogen) atoms. The number of hydrogen-bond donors (Lipinski definition) is 2. The van der Waals surface area contributed by atoms with Crippen molar-refractivity contribution in [3.8, 4) is 0 Å². The van der Waals surface area contributed by atoms with Gasteiger partial charge in [0.25, 0.3) is 0 Å². The number of fused-ring (bicyclic) bond motifs is 1. The number of amides is 2. The van der Waals surface area contributed by atoms with E-state index in [1.165, 1.54) is 74.7 Å². The maximum Gasteiger partial charge on any atom is 0.317 e. The van der Waals surface area contributed by atoms with E-state index >= 15 is 0 Å². The van der Waals surface area contributed by atoms with Gasteiger partial charge in [-0.25, -0.2) is 9.48 Å². The normalized spacial score (nSPS) is 20.7. The van der Waals surface area contributed by atoms with Crippen LogP contribution in [0.3, 0.4) is 0 Å². The van der Waals surface area contributed by atoms with E-state index in [1.54, 1.807) is 4.90 Å². The molecular weight excluding hydrogens is 510 g/mol. The molecule has 2 atom stereocenters. The summed E-state index contributed by atoms with van der Waals surface area (Å²) in [4.78, 5) is 19.7. The number of carbonyl (C=O) groups excluding carboxylic acids is 1. The zero-order valence-corrected chi connectivity index (χ0v) is 26.5. The van der Waals surface area contributed by atoms with Crippen LogP contribution in [0.25, 0.3) is 0 Å². The van der Waals surface area contributed by atoms with Crippen LogP contribution in [0.4, 0.5) is 10.6 Å². The van der Waals surface area contributed by atoms with Crippen molar-refractivity contribution in [3.05, 3.63) is 47.2 Å². The maximum absolute atomic E-state index is 13.0. The standard InChI is InChI=1S/C33H55N7O/c1-25(2)40-32-29(23-35-40)30(36-33(41)37(4)5)22-31(39(32)28-17-12-10-8-7-9-11-13-18-28)27-16-14-15-26(21-27)24-38(6)20-19-34-3/h14-16,21,23,25,28,30-31,34H,7-13,17-20,22,24H2,1-6H3,(H,36,41). The number of rotatable bonds is 9. The highest BCUT2D eigenvalue weighted by Crippen LogP contribution is 2.47. The number of hydrogen-bond acceptors (Lipinski definition) is 5. The molecule has 228 valence electrons. The molecule has 8 nitrogen and oxygen atoms in total. The Kier molecular flexibility index (Phi) is 11.5. The summed E-state index contributed by atoms with van der Waals surface area (Å²) in [6.45, 7) is 7.34. The lowest BCUT2D eigenvalue weighted by Crippen LogP contribution is -2.47. The van der Waals surface area contributed by atoms with E-state index in [1.807, 2.05) is 27.3 Å². The molecule has 2 aliphatic rings. The molecule has 1 fully saturated rings. The van der Waals surface area contributed by atoms with Crippen molar-refractivity contribution in [1.29, 1.82) is 0 Å². The molecule has 1 aromatic carbocycles. The molecule has 1 aromatic heterocycles. The molecule has 1 aliphatic carbocycles. The van der Waals surface area contributed by atoms with Gasteiger partial charge in [0, 0.05) is 51.4 Å². The van der Waals surface area contributed by atoms with Crippen LogP contribution in [-0.4, -0.2) is 72.9 Å². The predicted molar refractivity (Wildman–Crippen MR) is 169 cm³/mol. The first-order valence-corrected chi connectivity index (χ1v) is 16.1. The molecule has 1 saturated carbocycles. The number of nitrogens with one attached hydrogen (secondary N) is 2. The van der Waals surface area contributed by atoms with Gasteiger partial charge in [-0.1, -0.05) is 69.2 Å². The van der Waals surface area contributed by atoms with Crippen molar-refractivity contribution in [1.82, 2.24) is 30.2 Å². The van der Waals surface area contributed by atoms with Crippen LogP contribution < -0.4 is 15.5 Å². The summed E-state index contributed by atoms with van der Waals surface area (Å²) >= 11 is 0. The number of likely N-dealkylation sites (N-methyl/N-ethyl adjacent to an activating group) is 2. The zero-order chi connectivity index (χ0) is 29.4. The molecule has 4 rings (SSSR count). The fourth-order valence-corrected chi connectivity index (χ4v) is 6.67. The molecule has 2 aromatic rings. The predicted octanol–water partition coefficient (Wildman–Crippen LogP) is 6.27. The second-order valence-electron chi connectivity index (χ2n) is 12.8. The van der Waals surface area contributed by atoms with E-state index in [2.05, 4.69) is 70.3 Å². The highest BCUT2D eigenvalue weighted by Gasteiger charge is 2.41. The average Bonchev–Trinajstić information content (AvgIpc) is 3.40. The van der Waals surface area contributed by atoms with E-state index in [4.69, 9.17) is 5.10 Å². The van der Waals surface area contributed by atoms with Crippen molar-refractivity contribution in [2.24, 2.45) is 0 Å². The van der Waals surface area contributed by atoms with Crippen LogP contribution in [-0.2, 0) is 6.54 Å². The molecule has 0 bridgehead atoms. The molecule has 0 spiro atoms. The molecule has 2 heterocycles. The van der Waals surface area contributed by atoms with Crippen LogP contribution in [0.15, 0.2) is 30.5 Å². The van der Waals surface area contributed by atoms with Crippen molar-refractivity contribution in [2.45, 2.75) is 109 Å². The molecule has 2 unspecified atom stereocenters. The zero-order valence-electron chi connectivity index (χ0n) is 26.5. The highest BCUT2D eigenvalue weighted by atomic mass is 16.2. The molecule has 0 saturated heterocycles. The van der Waals surface area contributed by atoms with Gasteiger partial charge in [0.05, 0.1) is 18.3 Å². The monoisotopic (exact) mass is 565 g/mol. The van der Waals surface area contributed by atoms with E-state index < -0.39 is 0 Å². The summed E-state index contributed by atoms with van der Waals surface area (Å²) in [5, 5.41) is 11.5. The summed E-state index contributed by atoms with van der Waals surface area (Å²) < 4.78 is 2.21. The molecule has 8 heteroatoms. The van der Waals surface area contributed by atoms with Gasteiger partial charge in [0.2, 0.25) is 0 Å². The number of anilines is 1. The lowest BCUT2D eigenvalue weighted by Gasteiger charge is -2.46. The Morgan fingerprint density at radius 2 is 1.73 bits per heavy atom. The fraction of sp³-hybridized carbons (Fsp3) is 0.697. The first kappa shape index (κ1) is 31.4. The minimum absolute atomic E-state index is 0.0518. The quantitative estimate of drug-likeness (QED) is 0.375. The van der Waals surface area contributed by atoms with E-state index in [9.17, 15) is 4.79 Å². The second-order valence-corrected chi connectivity index (χ2v) is 12.8. The third-order valence-electron chi connectivity index (χ3n) is 8.90. The number of aromatic nitrogens is 2. The van der Waals surface area contributed by atoms with Gasteiger partial charge in [-0.15, -0.1) is 0 Å². The van der Waals surface area contributed by atoms with Crippen LogP contribution in [0, 0.1) is 0 Å². The molecule has 2 amide bonds. The summed E-state index contributed by atoms with van der Waals surface area (Å²) in [5.74, 6) is 1.21. The van der Waals surface area contributed by atoms with Crippen molar-refractivity contribution in [2.75, 3.05) is 46.2 Å². The Balaban J connectivity index is 1.77. The lowest BCUT2D eigenvalue weighted by atomic mass is 9.86. The topological polar surface area (TPSA) is 68.7 Å². The van der Waals surface area contributed by atoms with Crippen LogP contribution in [0.5, 0.6) is 0 Å². The summed E-state index contributed by atoms with van der Waals surface area (Å²) in [6, 6.07) is 9.92. The first-order chi connectivity index (χ1) is 19.8. The van der Waals surface area contributed by atoms with Crippen molar-refractivity contribution >= 4 is 11.8 Å². The van der Waals surface area contributed by atoms with Crippen LogP contribution in [0.2, 0.25) is 0 Å². The van der Waals surface area contributed by atoms with E-state index in [0.29, 0.717) is 6.04 Å². The fourth-order valence-electron chi connectivity index (χ4n) is 6.67. The Morgan fingerprint density at radius 3 is 2.37 bits per heavy atom. The number of nitrogens with zero attached hydrogens (tertiary/aromatic N) is 5.